The molecule has 0 saturated carbocycles. The first-order valence-corrected chi connectivity index (χ1v) is 7.73. The zero-order valence-electron chi connectivity index (χ0n) is 17.0. The standard InChI is InChI=1S/C10H5F15O.2C3H6O/c1-2-26-3-4(11,12)5(13,14)6(15,16)7(17,18)8(19,20)9(21,22)10(23,24)25;2*1-3-4-2/h2H,1,3H2;2*3H,1H2,2H3. The number of halogens is 15. The van der Waals surface area contributed by atoms with Crippen LogP contribution in [0.15, 0.2) is 38.5 Å². The van der Waals surface area contributed by atoms with Crippen molar-refractivity contribution in [2.45, 2.75) is 41.7 Å². The van der Waals surface area contributed by atoms with Crippen LogP contribution < -0.4 is 0 Å². The second-order valence-electron chi connectivity index (χ2n) is 5.36. The molecule has 0 atom stereocenters. The van der Waals surface area contributed by atoms with Crippen LogP contribution in [-0.2, 0) is 14.2 Å². The summed E-state index contributed by atoms with van der Waals surface area (Å²) < 4.78 is 202. The molecule has 0 aliphatic rings. The SMILES string of the molecule is C=COC.C=COC.C=COCC(F)(F)C(F)(F)C(F)(F)C(F)(F)C(F)(F)C(F)(F)C(F)(F)F. The Morgan fingerprint density at radius 3 is 1.00 bits per heavy atom. The Balaban J connectivity index is -0.00000103. The third-order valence-corrected chi connectivity index (χ3v) is 3.11. The Labute approximate surface area is 182 Å². The van der Waals surface area contributed by atoms with E-state index in [0.29, 0.717) is 0 Å². The van der Waals surface area contributed by atoms with Gasteiger partial charge in [0.2, 0.25) is 0 Å². The highest BCUT2D eigenvalue weighted by molar-refractivity contribution is 5.13. The molecule has 0 spiro atoms. The van der Waals surface area contributed by atoms with Gasteiger partial charge in [-0.05, 0) is 0 Å². The van der Waals surface area contributed by atoms with Crippen LogP contribution in [0.5, 0.6) is 0 Å². The molecule has 0 N–H and O–H groups in total. The summed E-state index contributed by atoms with van der Waals surface area (Å²) >= 11 is 0. The third kappa shape index (κ3) is 7.04. The van der Waals surface area contributed by atoms with E-state index in [0.717, 1.165) is 0 Å². The van der Waals surface area contributed by atoms with E-state index in [1.165, 1.54) is 12.5 Å². The molecule has 3 nitrogen and oxygen atoms in total. The number of hydrogen-bond donors (Lipinski definition) is 0. The van der Waals surface area contributed by atoms with Crippen molar-refractivity contribution in [2.24, 2.45) is 0 Å². The van der Waals surface area contributed by atoms with E-state index in [1.807, 2.05) is 0 Å². The van der Waals surface area contributed by atoms with Crippen molar-refractivity contribution in [3.05, 3.63) is 38.5 Å². The highest BCUT2D eigenvalue weighted by atomic mass is 19.4. The van der Waals surface area contributed by atoms with E-state index in [2.05, 4.69) is 33.9 Å². The summed E-state index contributed by atoms with van der Waals surface area (Å²) in [5, 5.41) is 0. The monoisotopic (exact) mass is 542 g/mol. The molecule has 34 heavy (non-hydrogen) atoms. The van der Waals surface area contributed by atoms with Crippen LogP contribution >= 0.6 is 0 Å². The summed E-state index contributed by atoms with van der Waals surface area (Å²) in [7, 11) is 3.12. The van der Waals surface area contributed by atoms with Gasteiger partial charge < -0.3 is 14.2 Å². The fourth-order valence-corrected chi connectivity index (χ4v) is 1.25. The number of methoxy groups -OCH3 is 2. The summed E-state index contributed by atoms with van der Waals surface area (Å²) in [5.41, 5.74) is 0. The molecule has 0 radical (unpaired) electrons. The topological polar surface area (TPSA) is 27.7 Å². The summed E-state index contributed by atoms with van der Waals surface area (Å²) in [6.45, 7) is 6.12. The largest absolute Gasteiger partial charge is 0.505 e. The molecule has 0 heterocycles. The Bertz CT molecular complexity index is 634. The second kappa shape index (κ2) is 12.3. The first kappa shape index (κ1) is 36.1. The minimum absolute atomic E-state index is 0.0906. The fourth-order valence-electron chi connectivity index (χ4n) is 1.25. The van der Waals surface area contributed by atoms with Crippen LogP contribution in [0, 0.1) is 0 Å². The van der Waals surface area contributed by atoms with E-state index >= 15 is 0 Å². The molecular weight excluding hydrogens is 525 g/mol. The van der Waals surface area contributed by atoms with Crippen molar-refractivity contribution in [1.82, 2.24) is 0 Å². The molecule has 204 valence electrons. The number of ether oxygens (including phenoxy) is 3. The fraction of sp³-hybridized carbons (Fsp3) is 0.625. The minimum atomic E-state index is -8.28. The lowest BCUT2D eigenvalue weighted by molar-refractivity contribution is -0.453. The normalized spacial score (nSPS) is 13.3. The minimum Gasteiger partial charge on any atom is -0.505 e. The molecule has 0 aromatic carbocycles. The first-order valence-electron chi connectivity index (χ1n) is 7.73. The summed E-state index contributed by atoms with van der Waals surface area (Å²) in [6.07, 6.45) is -4.95. The van der Waals surface area contributed by atoms with E-state index in [9.17, 15) is 65.9 Å². The van der Waals surface area contributed by atoms with E-state index in [1.54, 1.807) is 14.2 Å². The van der Waals surface area contributed by atoms with Crippen molar-refractivity contribution >= 4 is 0 Å². The summed E-state index contributed by atoms with van der Waals surface area (Å²) in [5.74, 6) is -46.5. The van der Waals surface area contributed by atoms with E-state index < -0.39 is 48.3 Å². The maximum Gasteiger partial charge on any atom is 0.460 e. The lowest BCUT2D eigenvalue weighted by Gasteiger charge is -2.41. The van der Waals surface area contributed by atoms with Gasteiger partial charge in [-0.2, -0.15) is 65.9 Å². The molecule has 18 heteroatoms. The average Bonchev–Trinajstić information content (AvgIpc) is 2.70. The molecular formula is C16H17F15O3. The predicted molar refractivity (Wildman–Crippen MR) is 86.3 cm³/mol. The molecule has 0 saturated heterocycles. The van der Waals surface area contributed by atoms with E-state index in [4.69, 9.17) is 0 Å². The van der Waals surface area contributed by atoms with Gasteiger partial charge in [0, 0.05) is 0 Å². The Hall–Kier alpha value is -2.43. The lowest BCUT2D eigenvalue weighted by Crippen LogP contribution is -2.73. The highest BCUT2D eigenvalue weighted by Crippen LogP contribution is 2.62. The van der Waals surface area contributed by atoms with Gasteiger partial charge >= 0.3 is 41.7 Å². The van der Waals surface area contributed by atoms with Crippen LogP contribution in [0.4, 0.5) is 65.9 Å². The molecule has 0 aromatic rings. The Morgan fingerprint density at radius 1 is 0.500 bits per heavy atom. The van der Waals surface area contributed by atoms with Crippen molar-refractivity contribution in [3.8, 4) is 0 Å². The van der Waals surface area contributed by atoms with Crippen molar-refractivity contribution in [3.63, 3.8) is 0 Å². The number of hydrogen-bond acceptors (Lipinski definition) is 3. The van der Waals surface area contributed by atoms with Gasteiger partial charge in [-0.3, -0.25) is 0 Å². The summed E-state index contributed by atoms with van der Waals surface area (Å²) in [6, 6.07) is 0. The van der Waals surface area contributed by atoms with Crippen LogP contribution in [-0.4, -0.2) is 62.5 Å². The number of rotatable bonds is 10. The van der Waals surface area contributed by atoms with Gasteiger partial charge in [0.05, 0.1) is 33.0 Å². The van der Waals surface area contributed by atoms with Crippen LogP contribution in [0.1, 0.15) is 0 Å². The Kier molecular flexibility index (Phi) is 13.1. The quantitative estimate of drug-likeness (QED) is 0.218. The second-order valence-corrected chi connectivity index (χ2v) is 5.36. The molecule has 0 aliphatic carbocycles. The first-order chi connectivity index (χ1) is 14.9. The average molecular weight is 542 g/mol. The maximum atomic E-state index is 13.1. The number of alkyl halides is 15. The van der Waals surface area contributed by atoms with Gasteiger partial charge in [-0.1, -0.05) is 19.7 Å². The summed E-state index contributed by atoms with van der Waals surface area (Å²) in [4.78, 5) is 0. The van der Waals surface area contributed by atoms with Crippen LogP contribution in [0.25, 0.3) is 0 Å². The van der Waals surface area contributed by atoms with Crippen molar-refractivity contribution < 1.29 is 80.1 Å². The molecule has 0 unspecified atom stereocenters. The zero-order chi connectivity index (χ0) is 28.4. The van der Waals surface area contributed by atoms with Gasteiger partial charge in [0.15, 0.2) is 6.61 Å². The van der Waals surface area contributed by atoms with Gasteiger partial charge in [0.25, 0.3) is 0 Å². The maximum absolute atomic E-state index is 13.1. The molecule has 0 aliphatic heterocycles. The molecule has 0 amide bonds. The molecule has 0 aromatic heterocycles. The Morgan fingerprint density at radius 2 is 0.765 bits per heavy atom. The van der Waals surface area contributed by atoms with Gasteiger partial charge in [0.1, 0.15) is 0 Å². The van der Waals surface area contributed by atoms with Gasteiger partial charge in [-0.15, -0.1) is 0 Å². The van der Waals surface area contributed by atoms with E-state index in [-0.39, 0.29) is 6.26 Å². The molecule has 0 fully saturated rings. The van der Waals surface area contributed by atoms with Gasteiger partial charge in [-0.25, -0.2) is 0 Å². The van der Waals surface area contributed by atoms with Crippen LogP contribution in [0.2, 0.25) is 0 Å². The predicted octanol–water partition coefficient (Wildman–Crippen LogP) is 7.07. The van der Waals surface area contributed by atoms with Crippen molar-refractivity contribution in [2.75, 3.05) is 20.8 Å². The molecule has 0 bridgehead atoms. The smallest absolute Gasteiger partial charge is 0.460 e. The lowest BCUT2D eigenvalue weighted by atomic mass is 9.91. The highest BCUT2D eigenvalue weighted by Gasteiger charge is 2.93. The zero-order valence-corrected chi connectivity index (χ0v) is 17.0. The van der Waals surface area contributed by atoms with Crippen molar-refractivity contribution in [1.29, 1.82) is 0 Å². The third-order valence-electron chi connectivity index (χ3n) is 3.11. The molecule has 0 rings (SSSR count). The van der Waals surface area contributed by atoms with Crippen LogP contribution in [0.3, 0.4) is 0 Å².